The van der Waals surface area contributed by atoms with E-state index in [2.05, 4.69) is 242 Å². The largest absolute Gasteiger partial charge is 0.870 e. The summed E-state index contributed by atoms with van der Waals surface area (Å²) in [6.45, 7) is 86.2. The van der Waals surface area contributed by atoms with E-state index in [0.717, 1.165) is 79.4 Å². The molecule has 9 aliphatic rings. The average Bonchev–Trinajstić information content (AvgIpc) is 1.63. The van der Waals surface area contributed by atoms with Crippen LogP contribution in [0.5, 0.6) is 0 Å². The van der Waals surface area contributed by atoms with Crippen molar-refractivity contribution in [2.45, 2.75) is 452 Å². The number of ketones is 1. The van der Waals surface area contributed by atoms with E-state index in [1.165, 1.54) is 128 Å². The van der Waals surface area contributed by atoms with Crippen molar-refractivity contribution in [2.75, 3.05) is 19.8 Å². The summed E-state index contributed by atoms with van der Waals surface area (Å²) in [6.07, 6.45) is 31.2. The van der Waals surface area contributed by atoms with Crippen LogP contribution >= 0.6 is 75.3 Å². The molecule has 9 fully saturated rings. The number of rotatable bonds is 31. The van der Waals surface area contributed by atoms with Crippen LogP contribution in [0.4, 0.5) is 0 Å². The zero-order chi connectivity index (χ0) is 106. The standard InChI is InChI=1S/C28H47BrO3.C28H45BrO3.C23H35BrO2.C23H39BrO2.C5H9ClO.2C4H9O.C4H10.CH4.Al.Li.H2O.H/c2*1-18(2)14-22(20(4)17-32-26(31)27(5,6)7)25(30)15-19(3)23-11-12-24-21(16-29)10-9-13-28(23,24)8;1-14(2)11-18-16(4)22(25)26-21(18)12-15(3)19-8-9-20-17(13-24)7-6-10-23(19,20)5;1-15(2)11-19(17(4)14-25)22(26)12-16(3)20-8-9-21-18(13-24)7-6-10-23(20,21)5;1-5(2,3)4(6)7;2*1-4(2,3)5;1-4(2)3;;;;;/h16,18-19,22-25,30H,4,9-15,17H2,1-3,5-8H3;16,18-19,22-24H,4,9-15,17H2,1-3,5-8H3;13-15,18-21H,4,6-12H2,1-3,5H3;13,15-16,19-22,25-26H,4,6-12,14H2,1-3,5H3;1-3H3;2*1-3H3;4H,1-3H3;1H4;;;1H2;/q;;;;;2*-1;;;;;;/p-1/b2*21-16+;17-13+;18-13+;;;;;;;;;/t19-,22+,23-,24+,25+,28-;19-,22+,23-,24+,28-;15-,18+,19-,20+,21+,23-;16-,19+,20-,21+,22+,23-;;;;;;;;;/m1111........./s1. The maximum atomic E-state index is 13.5. The van der Waals surface area contributed by atoms with E-state index in [1.807, 2.05) is 41.5 Å². The molecule has 0 unspecified atom stereocenters. The second-order valence-electron chi connectivity index (χ2n) is 52.2. The number of Topliss-reactive ketones (excluding diaryl/α,β-unsaturated/α-hetero) is 1. The average molecular weight is 2260 g/mol. The second kappa shape index (κ2) is 64.7. The molecule has 1 saturated heterocycles. The van der Waals surface area contributed by atoms with Crippen molar-refractivity contribution in [3.05, 3.63) is 90.8 Å². The summed E-state index contributed by atoms with van der Waals surface area (Å²) in [5.74, 6) is 9.54. The maximum Gasteiger partial charge on any atom is 0.334 e. The Balaban J connectivity index is -0.00000167. The van der Waals surface area contributed by atoms with Gasteiger partial charge < -0.3 is 45.2 Å². The van der Waals surface area contributed by atoms with Crippen molar-refractivity contribution in [1.29, 1.82) is 0 Å². The molecular weight excluding hydrogens is 2050 g/mol. The van der Waals surface area contributed by atoms with Gasteiger partial charge >= 0.3 is 17.9 Å². The van der Waals surface area contributed by atoms with E-state index < -0.39 is 34.2 Å². The minimum Gasteiger partial charge on any atom is -0.870 e. The number of aliphatic hydroxyl groups is 3. The van der Waals surface area contributed by atoms with E-state index in [0.29, 0.717) is 117 Å². The van der Waals surface area contributed by atoms with Gasteiger partial charge in [0.05, 0.1) is 47.0 Å². The van der Waals surface area contributed by atoms with Crippen LogP contribution in [-0.2, 0) is 38.2 Å². The molecule has 141 heavy (non-hydrogen) atoms. The van der Waals surface area contributed by atoms with Gasteiger partial charge in [-0.15, -0.1) is 11.2 Å². The molecule has 9 rings (SSSR count). The first-order valence-electron chi connectivity index (χ1n) is 53.4. The number of allylic oxidation sites excluding steroid dienone is 4. The minimum atomic E-state index is -0.750. The van der Waals surface area contributed by atoms with Gasteiger partial charge in [-0.3, -0.25) is 19.2 Å². The first-order chi connectivity index (χ1) is 62.8. The Morgan fingerprint density at radius 3 is 1.01 bits per heavy atom. The molecule has 0 amide bonds. The molecule has 1 heterocycles. The third-order valence-electron chi connectivity index (χ3n) is 31.8. The quantitative estimate of drug-likeness (QED) is 0.0146. The van der Waals surface area contributed by atoms with Gasteiger partial charge in [-0.1, -0.05) is 314 Å². The number of carbonyl (C=O) groups is 5. The fourth-order valence-corrected chi connectivity index (χ4v) is 27.3. The molecule has 0 aromatic carbocycles. The topological polar surface area (TPSA) is 250 Å². The van der Waals surface area contributed by atoms with Gasteiger partial charge in [0.2, 0.25) is 5.24 Å². The van der Waals surface area contributed by atoms with Crippen molar-refractivity contribution in [3.63, 3.8) is 0 Å². The van der Waals surface area contributed by atoms with Crippen LogP contribution in [0, 0.1) is 162 Å². The number of carbonyl (C=O) groups excluding carboxylic acids is 5. The predicted molar refractivity (Wildman–Crippen MR) is 611 cm³/mol. The van der Waals surface area contributed by atoms with Crippen molar-refractivity contribution in [3.8, 4) is 0 Å². The summed E-state index contributed by atoms with van der Waals surface area (Å²) in [6, 6.07) is 0. The zero-order valence-electron chi connectivity index (χ0n) is 95.4. The predicted octanol–water partition coefficient (Wildman–Crippen LogP) is 31.5. The Morgan fingerprint density at radius 1 is 0.468 bits per heavy atom. The number of halogens is 5. The van der Waals surface area contributed by atoms with Crippen LogP contribution in [0.1, 0.15) is 423 Å². The van der Waals surface area contributed by atoms with E-state index in [1.54, 1.807) is 84.6 Å². The van der Waals surface area contributed by atoms with Crippen molar-refractivity contribution >= 4 is 140 Å². The van der Waals surface area contributed by atoms with Crippen LogP contribution in [0.15, 0.2) is 90.8 Å². The van der Waals surface area contributed by atoms with E-state index in [4.69, 9.17) is 25.8 Å². The van der Waals surface area contributed by atoms with Crippen LogP contribution in [0.3, 0.4) is 0 Å². The minimum absolute atomic E-state index is 0. The second-order valence-corrected chi connectivity index (χ2v) is 54.3. The van der Waals surface area contributed by atoms with Crippen LogP contribution in [0.25, 0.3) is 0 Å². The van der Waals surface area contributed by atoms with E-state index in [9.17, 15) is 49.5 Å². The fraction of sp³-hybridized carbons (Fsp3) is 0.825. The Bertz CT molecular complexity index is 3880. The normalized spacial score (nSPS) is 28.7. The van der Waals surface area contributed by atoms with Crippen LogP contribution in [0.2, 0.25) is 0 Å². The van der Waals surface area contributed by atoms with Crippen LogP contribution in [-0.4, -0.2) is 135 Å². The van der Waals surface area contributed by atoms with Gasteiger partial charge in [-0.05, 0) is 385 Å². The molecule has 1 aliphatic heterocycles. The third-order valence-corrected chi connectivity index (χ3v) is 34.7. The van der Waals surface area contributed by atoms with E-state index in [-0.39, 0.29) is 133 Å². The summed E-state index contributed by atoms with van der Waals surface area (Å²) < 4.78 is 16.8. The van der Waals surface area contributed by atoms with Gasteiger partial charge in [0.25, 0.3) is 0 Å². The van der Waals surface area contributed by atoms with Gasteiger partial charge in [0, 0.05) is 59.9 Å². The molecule has 3 radical (unpaired) electrons. The Hall–Kier alpha value is -1.23. The maximum absolute atomic E-state index is 13.5. The van der Waals surface area contributed by atoms with Gasteiger partial charge in [-0.25, -0.2) is 4.79 Å². The van der Waals surface area contributed by atoms with Gasteiger partial charge in [0.1, 0.15) is 25.1 Å². The summed E-state index contributed by atoms with van der Waals surface area (Å²) in [5.41, 5.74) is 7.89. The summed E-state index contributed by atoms with van der Waals surface area (Å²) in [5, 5.41) is 51.8. The Kier molecular flexibility index (Phi) is 66.0. The molecule has 815 valence electrons. The molecule has 4 N–H and O–H groups in total. The smallest absolute Gasteiger partial charge is 0.334 e. The SMILES string of the molecule is C.C=C(CO)[C@H](CC(C)C)[C@@H](O)C[C@@H](C)[C@H]1CC[C@H]2/C(=C/Br)CCC[C@]12C.C=C(COC(=O)C(C)(C)C)[C@H](CC(C)C)C(=O)C[C@@H](C)[C@H]1CC[C@H]2/C(=C/Br)CCC[C@]12C.C=C(COC(=O)C(C)(C)C)[C@H](CC(C)C)[C@@H](O)C[C@@H](C)[C@H]1CC[C@H]2/C(=C/Br)CCC[C@]12C.C=C1C(=O)O[C@@H](C[C@@H](C)[C@H]2CC[C@H]3/C(=C/Br)CCC[C@]23C)[C@H]1CC(C)C.CC(C)(C)C(=O)Cl.CC(C)(C)[O-].CC(C)(C)[O-].CC(C)C.[AlH].[Li].[OH-]. The number of fused-ring (bicyclic) bond motifs is 4. The monoisotopic (exact) mass is 2260 g/mol. The van der Waals surface area contributed by atoms with E-state index >= 15 is 0 Å². The number of ether oxygens (including phenoxy) is 3. The molecule has 0 aromatic heterocycles. The van der Waals surface area contributed by atoms with Crippen molar-refractivity contribution < 1.29 is 69.2 Å². The van der Waals surface area contributed by atoms with Crippen LogP contribution < -0.4 is 10.2 Å². The summed E-state index contributed by atoms with van der Waals surface area (Å²) in [4.78, 5) is 69.0. The van der Waals surface area contributed by atoms with Crippen molar-refractivity contribution in [1.82, 2.24) is 0 Å². The first kappa shape index (κ1) is 144. The number of esters is 3. The Labute approximate surface area is 926 Å². The fourth-order valence-electron chi connectivity index (χ4n) is 25.1. The van der Waals surface area contributed by atoms with Crippen molar-refractivity contribution in [2.24, 2.45) is 162 Å². The van der Waals surface area contributed by atoms with Gasteiger partial charge in [0.15, 0.2) is 0 Å². The zero-order valence-corrected chi connectivity index (χ0v) is 104. The molecule has 0 aromatic rings. The molecule has 23 atom stereocenters. The molecule has 21 heteroatoms. The molecular formula is C120H209AlBr4ClLiO14-3. The number of aliphatic hydroxyl groups excluding tert-OH is 3. The number of cyclic esters (lactones) is 1. The molecule has 8 saturated carbocycles. The van der Waals surface area contributed by atoms with Gasteiger partial charge in [-0.2, -0.15) is 0 Å². The summed E-state index contributed by atoms with van der Waals surface area (Å²) in [7, 11) is 0. The Morgan fingerprint density at radius 2 is 0.745 bits per heavy atom. The summed E-state index contributed by atoms with van der Waals surface area (Å²) >= 11 is 19.5. The first-order valence-corrected chi connectivity index (χ1v) is 57.4. The number of hydrogen-bond donors (Lipinski definition) is 3. The number of hydrogen-bond acceptors (Lipinski definition) is 14. The molecule has 14 nitrogen and oxygen atoms in total. The third kappa shape index (κ3) is 46.3. The molecule has 0 spiro atoms. The molecule has 8 aliphatic carbocycles. The molecule has 0 bridgehead atoms.